The maximum atomic E-state index is 9.01. The molecule has 1 unspecified atom stereocenters. The minimum Gasteiger partial charge on any atom is -0.396 e. The van der Waals surface area contributed by atoms with Crippen LogP contribution in [0.5, 0.6) is 0 Å². The molecule has 2 aromatic carbocycles. The van der Waals surface area contributed by atoms with Crippen molar-refractivity contribution < 1.29 is 10.2 Å². The second kappa shape index (κ2) is 8.02. The van der Waals surface area contributed by atoms with E-state index >= 15 is 0 Å². The van der Waals surface area contributed by atoms with Crippen LogP contribution in [0.3, 0.4) is 0 Å². The Hall–Kier alpha value is -1.39. The van der Waals surface area contributed by atoms with E-state index in [2.05, 4.69) is 0 Å². The van der Waals surface area contributed by atoms with Crippen LogP contribution in [0.1, 0.15) is 23.6 Å². The number of rotatable bonds is 5. The van der Waals surface area contributed by atoms with Crippen molar-refractivity contribution >= 4 is 12.4 Å². The zero-order valence-electron chi connectivity index (χ0n) is 11.2. The summed E-state index contributed by atoms with van der Waals surface area (Å²) in [6, 6.07) is 15.8. The van der Waals surface area contributed by atoms with E-state index in [1.165, 1.54) is 0 Å². The Morgan fingerprint density at radius 1 is 0.850 bits per heavy atom. The first-order valence-corrected chi connectivity index (χ1v) is 6.41. The van der Waals surface area contributed by atoms with Gasteiger partial charge in [0.05, 0.1) is 6.61 Å². The molecule has 1 atom stereocenters. The minimum atomic E-state index is -0.115. The lowest BCUT2D eigenvalue weighted by molar-refractivity contribution is 0.276. The van der Waals surface area contributed by atoms with Gasteiger partial charge in [0.15, 0.2) is 0 Å². The zero-order chi connectivity index (χ0) is 13.7. The Kier molecular flexibility index (Phi) is 6.68. The topological polar surface area (TPSA) is 66.5 Å². The summed E-state index contributed by atoms with van der Waals surface area (Å²) < 4.78 is 0. The van der Waals surface area contributed by atoms with Crippen molar-refractivity contribution in [3.63, 3.8) is 0 Å². The maximum absolute atomic E-state index is 9.01. The van der Waals surface area contributed by atoms with Crippen LogP contribution in [-0.2, 0) is 6.61 Å². The van der Waals surface area contributed by atoms with Gasteiger partial charge in [-0.05, 0) is 28.7 Å². The maximum Gasteiger partial charge on any atom is 0.0681 e. The summed E-state index contributed by atoms with van der Waals surface area (Å²) in [4.78, 5) is 0. The average Bonchev–Trinajstić information content (AvgIpc) is 2.48. The first-order chi connectivity index (χ1) is 9.24. The van der Waals surface area contributed by atoms with Crippen LogP contribution in [-0.4, -0.2) is 16.8 Å². The van der Waals surface area contributed by atoms with Gasteiger partial charge in [-0.15, -0.1) is 12.4 Å². The van der Waals surface area contributed by atoms with Crippen LogP contribution in [0, 0.1) is 0 Å². The Morgan fingerprint density at radius 3 is 1.80 bits per heavy atom. The van der Waals surface area contributed by atoms with Gasteiger partial charge in [-0.1, -0.05) is 48.5 Å². The van der Waals surface area contributed by atoms with Gasteiger partial charge in [0.25, 0.3) is 0 Å². The molecule has 0 bridgehead atoms. The molecule has 4 N–H and O–H groups in total. The van der Waals surface area contributed by atoms with Gasteiger partial charge >= 0.3 is 0 Å². The largest absolute Gasteiger partial charge is 0.396 e. The molecule has 2 aromatic rings. The monoisotopic (exact) mass is 293 g/mol. The molecule has 0 heterocycles. The smallest absolute Gasteiger partial charge is 0.0681 e. The highest BCUT2D eigenvalue weighted by Crippen LogP contribution is 2.22. The minimum absolute atomic E-state index is 0. The molecule has 0 aliphatic heterocycles. The number of hydrogen-bond acceptors (Lipinski definition) is 3. The van der Waals surface area contributed by atoms with E-state index in [0.717, 1.165) is 22.3 Å². The fourth-order valence-electron chi connectivity index (χ4n) is 2.03. The van der Waals surface area contributed by atoms with Crippen molar-refractivity contribution in [2.75, 3.05) is 6.61 Å². The van der Waals surface area contributed by atoms with Crippen LogP contribution < -0.4 is 5.73 Å². The van der Waals surface area contributed by atoms with Crippen LogP contribution in [0.25, 0.3) is 11.1 Å². The van der Waals surface area contributed by atoms with Crippen molar-refractivity contribution in [2.45, 2.75) is 19.1 Å². The summed E-state index contributed by atoms with van der Waals surface area (Å²) in [5, 5.41) is 17.9. The van der Waals surface area contributed by atoms with Gasteiger partial charge in [-0.2, -0.15) is 0 Å². The molecular formula is C16H20ClNO2. The van der Waals surface area contributed by atoms with E-state index in [4.69, 9.17) is 15.9 Å². The summed E-state index contributed by atoms with van der Waals surface area (Å²) in [5.41, 5.74) is 10.1. The highest BCUT2D eigenvalue weighted by Gasteiger charge is 2.05. The fraction of sp³-hybridized carbons (Fsp3) is 0.250. The average molecular weight is 294 g/mol. The highest BCUT2D eigenvalue weighted by molar-refractivity contribution is 5.85. The van der Waals surface area contributed by atoms with Crippen molar-refractivity contribution in [3.05, 3.63) is 59.7 Å². The van der Waals surface area contributed by atoms with Gasteiger partial charge in [0.1, 0.15) is 0 Å². The van der Waals surface area contributed by atoms with E-state index in [-0.39, 0.29) is 31.7 Å². The van der Waals surface area contributed by atoms with E-state index in [1.807, 2.05) is 48.5 Å². The number of aliphatic hydroxyl groups excluding tert-OH is 2. The van der Waals surface area contributed by atoms with Gasteiger partial charge in [0, 0.05) is 12.6 Å². The zero-order valence-corrected chi connectivity index (χ0v) is 12.0. The molecule has 0 saturated heterocycles. The molecule has 0 aliphatic rings. The molecule has 0 radical (unpaired) electrons. The van der Waals surface area contributed by atoms with E-state index in [1.54, 1.807) is 0 Å². The predicted molar refractivity (Wildman–Crippen MR) is 83.7 cm³/mol. The predicted octanol–water partition coefficient (Wildman–Crippen LogP) is 2.65. The normalized spacial score (nSPS) is 11.8. The third-order valence-electron chi connectivity index (χ3n) is 3.25. The number of nitrogens with two attached hydrogens (primary N) is 1. The molecule has 0 aromatic heterocycles. The summed E-state index contributed by atoms with van der Waals surface area (Å²) in [7, 11) is 0. The summed E-state index contributed by atoms with van der Waals surface area (Å²) >= 11 is 0. The fourth-order valence-corrected chi connectivity index (χ4v) is 2.03. The van der Waals surface area contributed by atoms with Gasteiger partial charge in [0.2, 0.25) is 0 Å². The standard InChI is InChI=1S/C16H19NO2.ClH/c17-16(9-10-18)15-7-5-14(6-8-15)13-3-1-12(11-19)2-4-13;/h1-8,16,18-19H,9-11,17H2;1H. The first-order valence-electron chi connectivity index (χ1n) is 6.41. The molecule has 0 spiro atoms. The molecular weight excluding hydrogens is 274 g/mol. The molecule has 108 valence electrons. The van der Waals surface area contributed by atoms with Crippen molar-refractivity contribution in [1.29, 1.82) is 0 Å². The Morgan fingerprint density at radius 2 is 1.35 bits per heavy atom. The Labute approximate surface area is 125 Å². The third-order valence-corrected chi connectivity index (χ3v) is 3.25. The quantitative estimate of drug-likeness (QED) is 0.794. The van der Waals surface area contributed by atoms with Gasteiger partial charge in [-0.3, -0.25) is 0 Å². The molecule has 0 amide bonds. The molecule has 0 fully saturated rings. The van der Waals surface area contributed by atoms with Crippen LogP contribution >= 0.6 is 12.4 Å². The second-order valence-electron chi connectivity index (χ2n) is 4.60. The van der Waals surface area contributed by atoms with E-state index < -0.39 is 0 Å². The summed E-state index contributed by atoms with van der Waals surface area (Å²) in [6.07, 6.45) is 0.574. The lowest BCUT2D eigenvalue weighted by atomic mass is 9.99. The number of benzene rings is 2. The van der Waals surface area contributed by atoms with Gasteiger partial charge in [-0.25, -0.2) is 0 Å². The van der Waals surface area contributed by atoms with Crippen molar-refractivity contribution in [2.24, 2.45) is 5.73 Å². The van der Waals surface area contributed by atoms with E-state index in [0.29, 0.717) is 6.42 Å². The third kappa shape index (κ3) is 4.05. The molecule has 4 heteroatoms. The van der Waals surface area contributed by atoms with Crippen molar-refractivity contribution in [3.8, 4) is 11.1 Å². The van der Waals surface area contributed by atoms with Crippen LogP contribution in [0.4, 0.5) is 0 Å². The molecule has 2 rings (SSSR count). The summed E-state index contributed by atoms with van der Waals surface area (Å²) in [5.74, 6) is 0. The molecule has 0 aliphatic carbocycles. The lowest BCUT2D eigenvalue weighted by Gasteiger charge is -2.11. The Bertz CT molecular complexity index is 511. The van der Waals surface area contributed by atoms with Crippen molar-refractivity contribution in [1.82, 2.24) is 0 Å². The van der Waals surface area contributed by atoms with Crippen LogP contribution in [0.15, 0.2) is 48.5 Å². The summed E-state index contributed by atoms with van der Waals surface area (Å²) in [6.45, 7) is 0.167. The van der Waals surface area contributed by atoms with E-state index in [9.17, 15) is 0 Å². The van der Waals surface area contributed by atoms with Crippen LogP contribution in [0.2, 0.25) is 0 Å². The SMILES string of the molecule is Cl.NC(CCO)c1ccc(-c2ccc(CO)cc2)cc1. The second-order valence-corrected chi connectivity index (χ2v) is 4.60. The van der Waals surface area contributed by atoms with Gasteiger partial charge < -0.3 is 15.9 Å². The lowest BCUT2D eigenvalue weighted by Crippen LogP contribution is -2.11. The molecule has 3 nitrogen and oxygen atoms in total. The first kappa shape index (κ1) is 16.7. The molecule has 0 saturated carbocycles. The number of halogens is 1. The highest BCUT2D eigenvalue weighted by atomic mass is 35.5. The number of aliphatic hydroxyl groups is 2. The Balaban J connectivity index is 0.00000200. The number of hydrogen-bond donors (Lipinski definition) is 3. The molecule has 20 heavy (non-hydrogen) atoms.